The minimum Gasteiger partial charge on any atom is -0.506 e. The number of aromatic hydroxyl groups is 1. The molecule has 1 unspecified atom stereocenters. The quantitative estimate of drug-likeness (QED) is 0.663. The molecule has 0 aliphatic heterocycles. The van der Waals surface area contributed by atoms with E-state index in [1.54, 1.807) is 0 Å². The van der Waals surface area contributed by atoms with Crippen LogP contribution in [0.1, 0.15) is 11.6 Å². The Bertz CT molecular complexity index is 360. The molecular formula is C8H8ClF2NO2. The van der Waals surface area contributed by atoms with Gasteiger partial charge in [-0.2, -0.15) is 0 Å². The minimum atomic E-state index is -1.34. The molecule has 6 heteroatoms. The molecule has 0 saturated heterocycles. The van der Waals surface area contributed by atoms with Crippen LogP contribution in [0.25, 0.3) is 0 Å². The number of aliphatic hydroxyl groups is 1. The second-order valence-electron chi connectivity index (χ2n) is 2.71. The molecule has 0 aliphatic carbocycles. The van der Waals surface area contributed by atoms with Gasteiger partial charge in [-0.25, -0.2) is 8.78 Å². The maximum atomic E-state index is 12.8. The van der Waals surface area contributed by atoms with Crippen LogP contribution in [-0.2, 0) is 0 Å². The van der Waals surface area contributed by atoms with Crippen LogP contribution in [0.2, 0.25) is 5.02 Å². The molecule has 3 nitrogen and oxygen atoms in total. The van der Waals surface area contributed by atoms with Gasteiger partial charge in [-0.05, 0) is 6.07 Å². The van der Waals surface area contributed by atoms with E-state index in [1.807, 2.05) is 0 Å². The summed E-state index contributed by atoms with van der Waals surface area (Å²) in [6.07, 6.45) is 0. The summed E-state index contributed by atoms with van der Waals surface area (Å²) in [6.45, 7) is -0.505. The molecule has 1 aromatic rings. The van der Waals surface area contributed by atoms with Gasteiger partial charge in [-0.3, -0.25) is 0 Å². The number of phenols is 1. The highest BCUT2D eigenvalue weighted by atomic mass is 35.5. The summed E-state index contributed by atoms with van der Waals surface area (Å²) < 4.78 is 25.6. The van der Waals surface area contributed by atoms with Crippen molar-refractivity contribution >= 4 is 11.6 Å². The summed E-state index contributed by atoms with van der Waals surface area (Å²) in [7, 11) is 0. The average molecular weight is 224 g/mol. The van der Waals surface area contributed by atoms with Crippen molar-refractivity contribution in [2.24, 2.45) is 5.73 Å². The molecular weight excluding hydrogens is 216 g/mol. The molecule has 0 aromatic heterocycles. The largest absolute Gasteiger partial charge is 0.506 e. The van der Waals surface area contributed by atoms with Crippen molar-refractivity contribution < 1.29 is 19.0 Å². The van der Waals surface area contributed by atoms with Crippen molar-refractivity contribution in [3.05, 3.63) is 28.3 Å². The average Bonchev–Trinajstić information content (AvgIpc) is 2.19. The first kappa shape index (κ1) is 11.2. The molecule has 0 spiro atoms. The molecule has 4 N–H and O–H groups in total. The van der Waals surface area contributed by atoms with Crippen molar-refractivity contribution in [3.63, 3.8) is 0 Å². The van der Waals surface area contributed by atoms with Crippen molar-refractivity contribution in [2.75, 3.05) is 6.61 Å². The van der Waals surface area contributed by atoms with Gasteiger partial charge in [-0.1, -0.05) is 11.6 Å². The van der Waals surface area contributed by atoms with Crippen molar-refractivity contribution in [1.29, 1.82) is 0 Å². The number of hydrogen-bond donors (Lipinski definition) is 3. The number of benzene rings is 1. The maximum absolute atomic E-state index is 12.8. The summed E-state index contributed by atoms with van der Waals surface area (Å²) in [5.41, 5.74) is 5.20. The van der Waals surface area contributed by atoms with Crippen LogP contribution in [0, 0.1) is 11.6 Å². The Morgan fingerprint density at radius 2 is 2.07 bits per heavy atom. The second kappa shape index (κ2) is 4.08. The van der Waals surface area contributed by atoms with E-state index in [1.165, 1.54) is 0 Å². The van der Waals surface area contributed by atoms with Crippen LogP contribution in [0.15, 0.2) is 6.07 Å². The van der Waals surface area contributed by atoms with Gasteiger partial charge < -0.3 is 15.9 Å². The van der Waals surface area contributed by atoms with E-state index >= 15 is 0 Å². The highest BCUT2D eigenvalue weighted by Gasteiger charge is 2.19. The summed E-state index contributed by atoms with van der Waals surface area (Å²) in [6, 6.07) is -0.292. The van der Waals surface area contributed by atoms with Crippen LogP contribution in [0.5, 0.6) is 5.75 Å². The van der Waals surface area contributed by atoms with E-state index in [2.05, 4.69) is 0 Å². The molecule has 0 amide bonds. The molecule has 0 fully saturated rings. The predicted molar refractivity (Wildman–Crippen MR) is 47.0 cm³/mol. The molecule has 1 rings (SSSR count). The summed E-state index contributed by atoms with van der Waals surface area (Å²) in [5.74, 6) is -3.20. The second-order valence-corrected chi connectivity index (χ2v) is 3.09. The van der Waals surface area contributed by atoms with Gasteiger partial charge in [0, 0.05) is 5.56 Å². The van der Waals surface area contributed by atoms with E-state index in [0.29, 0.717) is 6.07 Å². The molecule has 0 heterocycles. The first-order chi connectivity index (χ1) is 6.49. The lowest BCUT2D eigenvalue weighted by molar-refractivity contribution is 0.264. The fraction of sp³-hybridized carbons (Fsp3) is 0.250. The van der Waals surface area contributed by atoms with Gasteiger partial charge in [0.1, 0.15) is 10.8 Å². The first-order valence-electron chi connectivity index (χ1n) is 3.71. The lowest BCUT2D eigenvalue weighted by atomic mass is 10.1. The normalized spacial score (nSPS) is 12.9. The Morgan fingerprint density at radius 1 is 1.50 bits per heavy atom. The lowest BCUT2D eigenvalue weighted by Gasteiger charge is -2.12. The fourth-order valence-electron chi connectivity index (χ4n) is 0.985. The van der Waals surface area contributed by atoms with Crippen LogP contribution in [0.3, 0.4) is 0 Å². The van der Waals surface area contributed by atoms with Crippen LogP contribution in [-0.4, -0.2) is 16.8 Å². The number of aliphatic hydroxyl groups excluding tert-OH is 1. The third-order valence-electron chi connectivity index (χ3n) is 1.76. The first-order valence-corrected chi connectivity index (χ1v) is 4.09. The van der Waals surface area contributed by atoms with E-state index < -0.39 is 35.1 Å². The Morgan fingerprint density at radius 3 is 2.57 bits per heavy atom. The molecule has 14 heavy (non-hydrogen) atoms. The van der Waals surface area contributed by atoms with Gasteiger partial charge in [0.15, 0.2) is 11.6 Å². The van der Waals surface area contributed by atoms with Gasteiger partial charge in [0.05, 0.1) is 12.6 Å². The number of halogens is 3. The third-order valence-corrected chi connectivity index (χ3v) is 2.11. The molecule has 1 atom stereocenters. The SMILES string of the molecule is NC(CO)c1cc(F)c(F)c(Cl)c1O. The maximum Gasteiger partial charge on any atom is 0.181 e. The molecule has 1 aromatic carbocycles. The van der Waals surface area contributed by atoms with E-state index in [0.717, 1.165) is 0 Å². The zero-order valence-corrected chi connectivity index (χ0v) is 7.72. The molecule has 0 bridgehead atoms. The summed E-state index contributed by atoms with van der Waals surface area (Å²) >= 11 is 5.29. The van der Waals surface area contributed by atoms with Crippen molar-refractivity contribution in [3.8, 4) is 5.75 Å². The fourth-order valence-corrected chi connectivity index (χ4v) is 1.18. The van der Waals surface area contributed by atoms with Crippen molar-refractivity contribution in [2.45, 2.75) is 6.04 Å². The molecule has 0 aliphatic rings. The van der Waals surface area contributed by atoms with E-state index in [-0.39, 0.29) is 5.56 Å². The Balaban J connectivity index is 3.33. The highest BCUT2D eigenvalue weighted by molar-refractivity contribution is 6.32. The zero-order valence-electron chi connectivity index (χ0n) is 6.97. The summed E-state index contributed by atoms with van der Waals surface area (Å²) in [5, 5.41) is 17.2. The minimum absolute atomic E-state index is 0.128. The molecule has 0 saturated carbocycles. The van der Waals surface area contributed by atoms with Crippen LogP contribution < -0.4 is 5.73 Å². The highest BCUT2D eigenvalue weighted by Crippen LogP contribution is 2.34. The van der Waals surface area contributed by atoms with Crippen molar-refractivity contribution in [1.82, 2.24) is 0 Å². The monoisotopic (exact) mass is 223 g/mol. The third kappa shape index (κ3) is 1.79. The van der Waals surface area contributed by atoms with Gasteiger partial charge >= 0.3 is 0 Å². The van der Waals surface area contributed by atoms with E-state index in [9.17, 15) is 13.9 Å². The number of hydrogen-bond acceptors (Lipinski definition) is 3. The molecule has 78 valence electrons. The smallest absolute Gasteiger partial charge is 0.181 e. The van der Waals surface area contributed by atoms with Gasteiger partial charge in [0.25, 0.3) is 0 Å². The van der Waals surface area contributed by atoms with Crippen LogP contribution in [0.4, 0.5) is 8.78 Å². The van der Waals surface area contributed by atoms with Crippen LogP contribution >= 0.6 is 11.6 Å². The van der Waals surface area contributed by atoms with Gasteiger partial charge in [0.2, 0.25) is 0 Å². The molecule has 0 radical (unpaired) electrons. The number of nitrogens with two attached hydrogens (primary N) is 1. The standard InChI is InChI=1S/C8H8ClF2NO2/c9-6-7(11)4(10)1-3(8(6)14)5(12)2-13/h1,5,13-14H,2,12H2. The van der Waals surface area contributed by atoms with E-state index in [4.69, 9.17) is 22.4 Å². The number of phenolic OH excluding ortho intramolecular Hbond substituents is 1. The topological polar surface area (TPSA) is 66.5 Å². The van der Waals surface area contributed by atoms with Gasteiger partial charge in [-0.15, -0.1) is 0 Å². The number of rotatable bonds is 2. The zero-order chi connectivity index (χ0) is 10.9. The lowest BCUT2D eigenvalue weighted by Crippen LogP contribution is -2.15. The Kier molecular flexibility index (Phi) is 3.25. The Labute approximate surface area is 83.7 Å². The Hall–Kier alpha value is -0.910. The summed E-state index contributed by atoms with van der Waals surface area (Å²) in [4.78, 5) is 0. The predicted octanol–water partition coefficient (Wildman–Crippen LogP) is 1.32.